The molecular formula is C21H26ClF2N3O2. The van der Waals surface area contributed by atoms with Crippen LogP contribution < -0.4 is 16.2 Å². The Kier molecular flexibility index (Phi) is 6.58. The van der Waals surface area contributed by atoms with Gasteiger partial charge in [0.25, 0.3) is 11.5 Å². The summed E-state index contributed by atoms with van der Waals surface area (Å²) >= 11 is 6.27. The quantitative estimate of drug-likeness (QED) is 0.735. The van der Waals surface area contributed by atoms with Crippen molar-refractivity contribution in [3.63, 3.8) is 0 Å². The van der Waals surface area contributed by atoms with Crippen molar-refractivity contribution >= 4 is 28.3 Å². The summed E-state index contributed by atoms with van der Waals surface area (Å²) < 4.78 is 28.8. The highest BCUT2D eigenvalue weighted by Crippen LogP contribution is 2.36. The maximum atomic E-state index is 13.6. The van der Waals surface area contributed by atoms with Gasteiger partial charge in [-0.15, -0.1) is 0 Å². The van der Waals surface area contributed by atoms with Crippen molar-refractivity contribution in [1.82, 2.24) is 15.2 Å². The summed E-state index contributed by atoms with van der Waals surface area (Å²) in [6.45, 7) is 2.71. The number of amides is 1. The molecule has 2 aromatic rings. The third-order valence-electron chi connectivity index (χ3n) is 5.56. The van der Waals surface area contributed by atoms with Gasteiger partial charge in [-0.2, -0.15) is 0 Å². The molecule has 1 fully saturated rings. The molecule has 1 aliphatic rings. The molecule has 29 heavy (non-hydrogen) atoms. The predicted molar refractivity (Wildman–Crippen MR) is 111 cm³/mol. The zero-order valence-electron chi connectivity index (χ0n) is 16.6. The number of carbonyl (C=O) groups is 1. The first kappa shape index (κ1) is 21.7. The van der Waals surface area contributed by atoms with E-state index in [1.165, 1.54) is 6.07 Å². The summed E-state index contributed by atoms with van der Waals surface area (Å²) in [5.41, 5.74) is 0.000134. The summed E-state index contributed by atoms with van der Waals surface area (Å²) in [5.74, 6) is -3.38. The lowest BCUT2D eigenvalue weighted by Crippen LogP contribution is -2.35. The van der Waals surface area contributed by atoms with Gasteiger partial charge in [-0.1, -0.05) is 11.6 Å². The van der Waals surface area contributed by atoms with Crippen molar-refractivity contribution < 1.29 is 13.6 Å². The number of nitrogens with zero attached hydrogens (tertiary/aromatic N) is 1. The number of nitrogens with one attached hydrogen (secondary N) is 2. The van der Waals surface area contributed by atoms with Crippen molar-refractivity contribution in [2.45, 2.75) is 44.6 Å². The number of pyridine rings is 1. The second-order valence-electron chi connectivity index (χ2n) is 7.85. The van der Waals surface area contributed by atoms with E-state index < -0.39 is 11.8 Å². The highest BCUT2D eigenvalue weighted by Gasteiger charge is 2.36. The van der Waals surface area contributed by atoms with Gasteiger partial charge in [0.15, 0.2) is 0 Å². The molecule has 1 aromatic carbocycles. The van der Waals surface area contributed by atoms with Gasteiger partial charge in [-0.05, 0) is 50.9 Å². The first-order valence-electron chi connectivity index (χ1n) is 9.87. The molecule has 2 atom stereocenters. The van der Waals surface area contributed by atoms with Crippen molar-refractivity contribution in [3.05, 3.63) is 45.3 Å². The molecule has 1 heterocycles. The van der Waals surface area contributed by atoms with Crippen LogP contribution in [-0.2, 0) is 0 Å². The van der Waals surface area contributed by atoms with E-state index in [0.717, 1.165) is 0 Å². The van der Waals surface area contributed by atoms with Crippen molar-refractivity contribution in [3.8, 4) is 0 Å². The Labute approximate surface area is 173 Å². The number of aromatic nitrogens is 1. The van der Waals surface area contributed by atoms with Gasteiger partial charge in [-0.25, -0.2) is 8.78 Å². The molecule has 2 N–H and O–H groups in total. The number of fused-ring (bicyclic) bond motifs is 1. The number of likely N-dealkylation sites (N-methyl/N-ethyl adjacent to an activating group) is 1. The Bertz CT molecular complexity index is 961. The largest absolute Gasteiger partial charge is 0.352 e. The lowest BCUT2D eigenvalue weighted by Gasteiger charge is -2.29. The van der Waals surface area contributed by atoms with Crippen LogP contribution in [0.3, 0.4) is 0 Å². The average Bonchev–Trinajstić information content (AvgIpc) is 2.65. The van der Waals surface area contributed by atoms with Crippen LogP contribution in [0.15, 0.2) is 29.2 Å². The first-order chi connectivity index (χ1) is 13.7. The molecule has 0 spiro atoms. The molecule has 1 aromatic heterocycles. The standard InChI is InChI=1S/C21H26ClF2N3O2/c1-13(11-25-2)27-9-7-15-16(20(27)29)5-6-17(22)18(15)19(28)26-12-14-4-3-8-21(23,24)10-14/h5-7,9,13-14,25H,3-4,8,10-12H2,1-2H3,(H,26,28)/t13-,14?/m1/s1. The van der Waals surface area contributed by atoms with E-state index in [1.54, 1.807) is 22.9 Å². The Morgan fingerprint density at radius 3 is 2.79 bits per heavy atom. The summed E-state index contributed by atoms with van der Waals surface area (Å²) in [4.78, 5) is 25.7. The Morgan fingerprint density at radius 2 is 2.10 bits per heavy atom. The molecule has 158 valence electrons. The number of alkyl halides is 2. The number of hydrogen-bond acceptors (Lipinski definition) is 3. The average molecular weight is 426 g/mol. The molecule has 5 nitrogen and oxygen atoms in total. The molecule has 1 saturated carbocycles. The van der Waals surface area contributed by atoms with Gasteiger partial charge in [0.05, 0.1) is 10.6 Å². The minimum absolute atomic E-state index is 0.0576. The number of carbonyl (C=O) groups excluding carboxylic acids is 1. The van der Waals surface area contributed by atoms with E-state index >= 15 is 0 Å². The number of halogens is 3. The van der Waals surface area contributed by atoms with E-state index in [0.29, 0.717) is 30.2 Å². The van der Waals surface area contributed by atoms with E-state index in [-0.39, 0.29) is 47.5 Å². The number of hydrogen-bond donors (Lipinski definition) is 2. The lowest BCUT2D eigenvalue weighted by atomic mass is 9.86. The minimum Gasteiger partial charge on any atom is -0.352 e. The molecule has 3 rings (SSSR count). The van der Waals surface area contributed by atoms with Crippen molar-refractivity contribution in [2.24, 2.45) is 5.92 Å². The van der Waals surface area contributed by atoms with Crippen LogP contribution in [0.4, 0.5) is 8.78 Å². The fourth-order valence-electron chi connectivity index (χ4n) is 4.06. The summed E-state index contributed by atoms with van der Waals surface area (Å²) in [5, 5.41) is 6.86. The minimum atomic E-state index is -2.67. The molecule has 8 heteroatoms. The van der Waals surface area contributed by atoms with E-state index in [2.05, 4.69) is 10.6 Å². The molecule has 0 radical (unpaired) electrons. The van der Waals surface area contributed by atoms with Crippen LogP contribution in [0, 0.1) is 5.92 Å². The monoisotopic (exact) mass is 425 g/mol. The van der Waals surface area contributed by atoms with E-state index in [4.69, 9.17) is 11.6 Å². The molecule has 1 unspecified atom stereocenters. The Balaban J connectivity index is 1.86. The highest BCUT2D eigenvalue weighted by molar-refractivity contribution is 6.35. The van der Waals surface area contributed by atoms with Gasteiger partial charge in [-0.3, -0.25) is 9.59 Å². The molecule has 0 aliphatic heterocycles. The second kappa shape index (κ2) is 8.79. The van der Waals surface area contributed by atoms with Crippen molar-refractivity contribution in [1.29, 1.82) is 0 Å². The van der Waals surface area contributed by atoms with Gasteiger partial charge in [0.2, 0.25) is 5.92 Å². The highest BCUT2D eigenvalue weighted by atomic mass is 35.5. The fraction of sp³-hybridized carbons (Fsp3) is 0.524. The van der Waals surface area contributed by atoms with Gasteiger partial charge in [0.1, 0.15) is 0 Å². The van der Waals surface area contributed by atoms with Crippen LogP contribution in [0.2, 0.25) is 5.02 Å². The smallest absolute Gasteiger partial charge is 0.258 e. The second-order valence-corrected chi connectivity index (χ2v) is 8.25. The Morgan fingerprint density at radius 1 is 1.34 bits per heavy atom. The van der Waals surface area contributed by atoms with Crippen LogP contribution in [-0.4, -0.2) is 36.5 Å². The third kappa shape index (κ3) is 4.78. The zero-order chi connectivity index (χ0) is 21.2. The number of rotatable bonds is 6. The predicted octanol–water partition coefficient (Wildman–Crippen LogP) is 3.99. The summed E-state index contributed by atoms with van der Waals surface area (Å²) in [6.07, 6.45) is 2.46. The van der Waals surface area contributed by atoms with Gasteiger partial charge in [0, 0.05) is 48.9 Å². The molecule has 1 amide bonds. The van der Waals surface area contributed by atoms with Gasteiger partial charge < -0.3 is 15.2 Å². The Hall–Kier alpha value is -1.99. The van der Waals surface area contributed by atoms with Gasteiger partial charge >= 0.3 is 0 Å². The van der Waals surface area contributed by atoms with Crippen LogP contribution in [0.5, 0.6) is 0 Å². The summed E-state index contributed by atoms with van der Waals surface area (Å²) in [6, 6.07) is 4.79. The van der Waals surface area contributed by atoms with Crippen LogP contribution in [0.25, 0.3) is 10.8 Å². The van der Waals surface area contributed by atoms with Crippen molar-refractivity contribution in [2.75, 3.05) is 20.1 Å². The molecule has 1 aliphatic carbocycles. The molecular weight excluding hydrogens is 400 g/mol. The molecule has 0 bridgehead atoms. The van der Waals surface area contributed by atoms with E-state index in [1.807, 2.05) is 14.0 Å². The normalized spacial score (nSPS) is 19.8. The van der Waals surface area contributed by atoms with E-state index in [9.17, 15) is 18.4 Å². The maximum absolute atomic E-state index is 13.6. The summed E-state index contributed by atoms with van der Waals surface area (Å²) in [7, 11) is 1.81. The number of benzene rings is 1. The lowest BCUT2D eigenvalue weighted by molar-refractivity contribution is -0.0518. The topological polar surface area (TPSA) is 63.1 Å². The third-order valence-corrected chi connectivity index (χ3v) is 5.87. The van der Waals surface area contributed by atoms with Crippen LogP contribution >= 0.6 is 11.6 Å². The first-order valence-corrected chi connectivity index (χ1v) is 10.3. The SMILES string of the molecule is CNC[C@@H](C)n1ccc2c(C(=O)NCC3CCCC(F)(F)C3)c(Cl)ccc2c1=O. The molecule has 0 saturated heterocycles. The fourth-order valence-corrected chi connectivity index (χ4v) is 4.31. The maximum Gasteiger partial charge on any atom is 0.258 e. The zero-order valence-corrected chi connectivity index (χ0v) is 17.4. The van der Waals surface area contributed by atoms with Crippen LogP contribution in [0.1, 0.15) is 49.0 Å².